The number of ether oxygens (including phenoxy) is 1. The van der Waals surface area contributed by atoms with Crippen LogP contribution < -0.4 is 0 Å². The minimum Gasteiger partial charge on any atom is -0.379 e. The molecule has 1 aliphatic rings. The lowest BCUT2D eigenvalue weighted by Crippen LogP contribution is -2.41. The lowest BCUT2D eigenvalue weighted by atomic mass is 9.86. The summed E-state index contributed by atoms with van der Waals surface area (Å²) in [6, 6.07) is 15.8. The van der Waals surface area contributed by atoms with Gasteiger partial charge in [-0.2, -0.15) is 0 Å². The number of rotatable bonds is 6. The van der Waals surface area contributed by atoms with E-state index in [-0.39, 0.29) is 17.5 Å². The number of morpholine rings is 1. The molecule has 33 heavy (non-hydrogen) atoms. The molecule has 2 aromatic carbocycles. The Hall–Kier alpha value is -2.25. The van der Waals surface area contributed by atoms with E-state index in [1.165, 1.54) is 0 Å². The van der Waals surface area contributed by atoms with E-state index in [4.69, 9.17) is 27.9 Å². The first-order valence-electron chi connectivity index (χ1n) is 11.1. The molecule has 2 atom stereocenters. The summed E-state index contributed by atoms with van der Waals surface area (Å²) in [4.78, 5) is 2.39. The SMILES string of the molecule is CC(C)(C)C(C=Cc1ccc(Cl)cc1Cl)n1nnnc1C(c1ccccc1)N1CCOCC1. The van der Waals surface area contributed by atoms with Crippen molar-refractivity contribution in [1.29, 1.82) is 0 Å². The zero-order chi connectivity index (χ0) is 23.4. The first-order valence-corrected chi connectivity index (χ1v) is 11.9. The number of tetrazole rings is 1. The summed E-state index contributed by atoms with van der Waals surface area (Å²) in [5.74, 6) is 0.815. The molecular formula is C25H29Cl2N5O. The highest BCUT2D eigenvalue weighted by Crippen LogP contribution is 2.36. The molecule has 0 radical (unpaired) electrons. The van der Waals surface area contributed by atoms with Gasteiger partial charge in [-0.25, -0.2) is 4.68 Å². The van der Waals surface area contributed by atoms with E-state index < -0.39 is 0 Å². The average Bonchev–Trinajstić information content (AvgIpc) is 3.25. The molecule has 0 bridgehead atoms. The highest BCUT2D eigenvalue weighted by atomic mass is 35.5. The van der Waals surface area contributed by atoms with Gasteiger partial charge in [0.15, 0.2) is 5.82 Å². The standard InChI is InChI=1S/C25H29Cl2N5O/c1-25(2,3)22(12-10-18-9-11-20(26)17-21(18)27)32-24(28-29-30-32)23(19-7-5-4-6-8-19)31-13-15-33-16-14-31/h4-12,17,22-23H,13-16H2,1-3H3. The van der Waals surface area contributed by atoms with Crippen molar-refractivity contribution < 1.29 is 4.74 Å². The Kier molecular flexibility index (Phi) is 7.49. The van der Waals surface area contributed by atoms with E-state index in [0.717, 1.165) is 30.0 Å². The summed E-state index contributed by atoms with van der Waals surface area (Å²) in [6.45, 7) is 9.59. The molecule has 1 aliphatic heterocycles. The number of allylic oxidation sites excluding steroid dienone is 1. The maximum atomic E-state index is 6.41. The van der Waals surface area contributed by atoms with Crippen LogP contribution in [0.5, 0.6) is 0 Å². The zero-order valence-corrected chi connectivity index (χ0v) is 20.7. The Labute approximate surface area is 205 Å². The van der Waals surface area contributed by atoms with Gasteiger partial charge in [0.2, 0.25) is 0 Å². The van der Waals surface area contributed by atoms with Crippen LogP contribution in [0.4, 0.5) is 0 Å². The van der Waals surface area contributed by atoms with Crippen LogP contribution in [0.3, 0.4) is 0 Å². The van der Waals surface area contributed by atoms with Crippen LogP contribution in [0.2, 0.25) is 10.0 Å². The highest BCUT2D eigenvalue weighted by molar-refractivity contribution is 6.35. The third-order valence-corrected chi connectivity index (χ3v) is 6.42. The Bertz CT molecular complexity index is 1090. The highest BCUT2D eigenvalue weighted by Gasteiger charge is 2.34. The molecule has 4 rings (SSSR count). The number of nitrogens with zero attached hydrogens (tertiary/aromatic N) is 5. The summed E-state index contributed by atoms with van der Waals surface area (Å²) >= 11 is 12.5. The van der Waals surface area contributed by atoms with Gasteiger partial charge in [-0.3, -0.25) is 4.90 Å². The van der Waals surface area contributed by atoms with Gasteiger partial charge in [-0.05, 0) is 39.1 Å². The second-order valence-corrected chi connectivity index (χ2v) is 10.1. The number of hydrogen-bond donors (Lipinski definition) is 0. The van der Waals surface area contributed by atoms with Gasteiger partial charge in [0, 0.05) is 23.1 Å². The minimum atomic E-state index is -0.147. The zero-order valence-electron chi connectivity index (χ0n) is 19.2. The first-order chi connectivity index (χ1) is 15.8. The van der Waals surface area contributed by atoms with Crippen molar-refractivity contribution in [3.8, 4) is 0 Å². The summed E-state index contributed by atoms with van der Waals surface area (Å²) < 4.78 is 7.56. The fourth-order valence-corrected chi connectivity index (χ4v) is 4.61. The molecule has 0 amide bonds. The average molecular weight is 486 g/mol. The summed E-state index contributed by atoms with van der Waals surface area (Å²) in [5, 5.41) is 14.3. The molecule has 1 aromatic heterocycles. The van der Waals surface area contributed by atoms with E-state index in [2.05, 4.69) is 71.5 Å². The van der Waals surface area contributed by atoms with Crippen molar-refractivity contribution in [1.82, 2.24) is 25.1 Å². The van der Waals surface area contributed by atoms with Crippen molar-refractivity contribution in [2.75, 3.05) is 26.3 Å². The lowest BCUT2D eigenvalue weighted by Gasteiger charge is -2.36. The Balaban J connectivity index is 1.75. The Morgan fingerprint density at radius 1 is 1.03 bits per heavy atom. The van der Waals surface area contributed by atoms with Crippen molar-refractivity contribution in [2.45, 2.75) is 32.9 Å². The second-order valence-electron chi connectivity index (χ2n) is 9.28. The maximum absolute atomic E-state index is 6.41. The van der Waals surface area contributed by atoms with Gasteiger partial charge in [0.1, 0.15) is 0 Å². The van der Waals surface area contributed by atoms with E-state index in [1.807, 2.05) is 29.0 Å². The smallest absolute Gasteiger partial charge is 0.173 e. The quantitative estimate of drug-likeness (QED) is 0.447. The Morgan fingerprint density at radius 2 is 1.76 bits per heavy atom. The van der Waals surface area contributed by atoms with Crippen molar-refractivity contribution in [2.24, 2.45) is 5.41 Å². The molecule has 2 unspecified atom stereocenters. The van der Waals surface area contributed by atoms with Crippen LogP contribution in [0.15, 0.2) is 54.6 Å². The largest absolute Gasteiger partial charge is 0.379 e. The normalized spacial score (nSPS) is 17.4. The summed E-state index contributed by atoms with van der Waals surface area (Å²) in [7, 11) is 0. The van der Waals surface area contributed by atoms with Crippen molar-refractivity contribution in [3.63, 3.8) is 0 Å². The predicted molar refractivity (Wildman–Crippen MR) is 132 cm³/mol. The van der Waals surface area contributed by atoms with Crippen LogP contribution in [0.25, 0.3) is 6.08 Å². The van der Waals surface area contributed by atoms with Crippen LogP contribution >= 0.6 is 23.2 Å². The molecule has 174 valence electrons. The fourth-order valence-electron chi connectivity index (χ4n) is 4.14. The lowest BCUT2D eigenvalue weighted by molar-refractivity contribution is 0.0210. The van der Waals surface area contributed by atoms with Crippen molar-refractivity contribution >= 4 is 29.3 Å². The Morgan fingerprint density at radius 3 is 2.42 bits per heavy atom. The molecular weight excluding hydrogens is 457 g/mol. The van der Waals surface area contributed by atoms with Gasteiger partial charge in [-0.1, -0.05) is 92.5 Å². The van der Waals surface area contributed by atoms with Crippen LogP contribution in [-0.2, 0) is 4.74 Å². The predicted octanol–water partition coefficient (Wildman–Crippen LogP) is 5.70. The maximum Gasteiger partial charge on any atom is 0.173 e. The number of benzene rings is 2. The molecule has 1 saturated heterocycles. The van der Waals surface area contributed by atoms with E-state index in [1.54, 1.807) is 6.07 Å². The summed E-state index contributed by atoms with van der Waals surface area (Å²) in [5.41, 5.74) is 1.91. The van der Waals surface area contributed by atoms with Gasteiger partial charge in [0.05, 0.1) is 25.3 Å². The van der Waals surface area contributed by atoms with Crippen LogP contribution in [-0.4, -0.2) is 51.4 Å². The van der Waals surface area contributed by atoms with Crippen LogP contribution in [0.1, 0.15) is 49.8 Å². The van der Waals surface area contributed by atoms with E-state index >= 15 is 0 Å². The van der Waals surface area contributed by atoms with Gasteiger partial charge in [-0.15, -0.1) is 5.10 Å². The number of halogens is 2. The molecule has 3 aromatic rings. The van der Waals surface area contributed by atoms with E-state index in [9.17, 15) is 0 Å². The molecule has 2 heterocycles. The third-order valence-electron chi connectivity index (χ3n) is 5.86. The molecule has 0 spiro atoms. The molecule has 0 saturated carbocycles. The first kappa shape index (κ1) is 23.9. The van der Waals surface area contributed by atoms with Gasteiger partial charge < -0.3 is 4.74 Å². The van der Waals surface area contributed by atoms with E-state index in [0.29, 0.717) is 23.3 Å². The number of aromatic nitrogens is 4. The third kappa shape index (κ3) is 5.64. The second kappa shape index (κ2) is 10.3. The molecule has 8 heteroatoms. The van der Waals surface area contributed by atoms with Crippen LogP contribution in [0, 0.1) is 5.41 Å². The van der Waals surface area contributed by atoms with Gasteiger partial charge >= 0.3 is 0 Å². The molecule has 0 aliphatic carbocycles. The topological polar surface area (TPSA) is 56.1 Å². The summed E-state index contributed by atoms with van der Waals surface area (Å²) in [6.07, 6.45) is 4.14. The molecule has 0 N–H and O–H groups in total. The molecule has 6 nitrogen and oxygen atoms in total. The fraction of sp³-hybridized carbons (Fsp3) is 0.400. The number of hydrogen-bond acceptors (Lipinski definition) is 5. The van der Waals surface area contributed by atoms with Gasteiger partial charge in [0.25, 0.3) is 0 Å². The van der Waals surface area contributed by atoms with Crippen molar-refractivity contribution in [3.05, 3.63) is 81.6 Å². The monoisotopic (exact) mass is 485 g/mol. The molecule has 1 fully saturated rings. The minimum absolute atomic E-state index is 0.0672.